The van der Waals surface area contributed by atoms with Gasteiger partial charge in [-0.1, -0.05) is 32.6 Å². The van der Waals surface area contributed by atoms with Crippen molar-refractivity contribution in [1.82, 2.24) is 0 Å². The molecule has 110 valence electrons. The Kier molecular flexibility index (Phi) is 14.5. The van der Waals surface area contributed by atoms with E-state index >= 15 is 0 Å². The van der Waals surface area contributed by atoms with E-state index in [1.165, 1.54) is 0 Å². The molecule has 0 aliphatic rings. The Morgan fingerprint density at radius 3 is 2.20 bits per heavy atom. The molecule has 0 aliphatic carbocycles. The second kappa shape index (κ2) is 13.4. The molecule has 0 radical (unpaired) electrons. The summed E-state index contributed by atoms with van der Waals surface area (Å²) < 4.78 is 0. The molecule has 0 unspecified atom stereocenters. The zero-order chi connectivity index (χ0) is 14.7. The van der Waals surface area contributed by atoms with E-state index in [-0.39, 0.29) is 48.8 Å². The van der Waals surface area contributed by atoms with Gasteiger partial charge in [-0.2, -0.15) is 0 Å². The van der Waals surface area contributed by atoms with Crippen LogP contribution in [0.4, 0.5) is 0 Å². The largest absolute Gasteiger partial charge is 1.00 e. The van der Waals surface area contributed by atoms with Gasteiger partial charge in [0.15, 0.2) is 0 Å². The first-order chi connectivity index (χ1) is 8.97. The van der Waals surface area contributed by atoms with Gasteiger partial charge >= 0.3 is 41.5 Å². The van der Waals surface area contributed by atoms with E-state index in [0.717, 1.165) is 25.7 Å². The van der Waals surface area contributed by atoms with E-state index in [2.05, 4.69) is 11.9 Å². The van der Waals surface area contributed by atoms with Crippen molar-refractivity contribution in [3.8, 4) is 0 Å². The van der Waals surface area contributed by atoms with E-state index in [4.69, 9.17) is 10.2 Å². The summed E-state index contributed by atoms with van der Waals surface area (Å²) >= 11 is 0. The van der Waals surface area contributed by atoms with Crippen molar-refractivity contribution in [3.63, 3.8) is 0 Å². The molecule has 2 N–H and O–H groups in total. The third-order valence-electron chi connectivity index (χ3n) is 2.71. The van der Waals surface area contributed by atoms with E-state index in [0.29, 0.717) is 6.42 Å². The third-order valence-corrected chi connectivity index (χ3v) is 2.71. The normalized spacial score (nSPS) is 12.6. The topological polar surface area (TPSA) is 110 Å². The summed E-state index contributed by atoms with van der Waals surface area (Å²) in [7, 11) is 0. The summed E-state index contributed by atoms with van der Waals surface area (Å²) in [6.07, 6.45) is 4.73. The van der Waals surface area contributed by atoms with Crippen LogP contribution in [0.5, 0.6) is 0 Å². The monoisotopic (exact) mass is 295 g/mol. The van der Waals surface area contributed by atoms with Crippen LogP contribution in [0.25, 0.3) is 0 Å². The van der Waals surface area contributed by atoms with E-state index in [1.807, 2.05) is 0 Å². The quantitative estimate of drug-likeness (QED) is 0.207. The molecule has 0 aromatic rings. The molecule has 0 amide bonds. The Hall–Kier alpha value is -0.590. The van der Waals surface area contributed by atoms with Gasteiger partial charge in [-0.3, -0.25) is 9.79 Å². The number of carboxylic acids is 2. The summed E-state index contributed by atoms with van der Waals surface area (Å²) in [6.45, 7) is 2.10. The van der Waals surface area contributed by atoms with Crippen LogP contribution >= 0.6 is 0 Å². The number of aliphatic carboxylic acids is 2. The third kappa shape index (κ3) is 12.4. The summed E-state index contributed by atoms with van der Waals surface area (Å²) in [5, 5.41) is 28.8. The molecule has 0 fully saturated rings. The molecule has 0 saturated carbocycles. The van der Waals surface area contributed by atoms with E-state index < -0.39 is 23.9 Å². The van der Waals surface area contributed by atoms with Crippen LogP contribution in [0.2, 0.25) is 0 Å². The maximum atomic E-state index is 11.5. The zero-order valence-electron chi connectivity index (χ0n) is 12.3. The number of carbonyl (C=O) groups is 2. The Bertz CT molecular complexity index is 320. The summed E-state index contributed by atoms with van der Waals surface area (Å²) in [6, 6.07) is -1.24. The van der Waals surface area contributed by atoms with Gasteiger partial charge in [0.05, 0.1) is 0 Å². The van der Waals surface area contributed by atoms with Crippen molar-refractivity contribution in [1.29, 1.82) is 0 Å². The van der Waals surface area contributed by atoms with Crippen molar-refractivity contribution < 1.29 is 54.5 Å². The zero-order valence-corrected chi connectivity index (χ0v) is 14.3. The summed E-state index contributed by atoms with van der Waals surface area (Å²) in [5.41, 5.74) is 0. The number of hydrogen-bond acceptors (Lipinski definition) is 4. The van der Waals surface area contributed by atoms with Crippen molar-refractivity contribution in [2.24, 2.45) is 4.99 Å². The number of unbranched alkanes of at least 4 members (excludes halogenated alkanes) is 4. The second-order valence-corrected chi connectivity index (χ2v) is 4.47. The van der Waals surface area contributed by atoms with Gasteiger partial charge in [-0.05, 0) is 25.2 Å². The molecule has 20 heavy (non-hydrogen) atoms. The van der Waals surface area contributed by atoms with Gasteiger partial charge in [0, 0.05) is 6.42 Å². The fraction of sp³-hybridized carbons (Fsp3) is 0.769. The Morgan fingerprint density at radius 1 is 1.10 bits per heavy atom. The second-order valence-electron chi connectivity index (χ2n) is 4.47. The van der Waals surface area contributed by atoms with Crippen LogP contribution in [-0.2, 0) is 9.59 Å². The number of hydrogen-bond donors (Lipinski definition) is 2. The smallest absolute Gasteiger partial charge is 0.862 e. The fourth-order valence-electron chi connectivity index (χ4n) is 1.62. The Balaban J connectivity index is 0. The molecule has 0 aromatic heterocycles. The summed E-state index contributed by atoms with van der Waals surface area (Å²) in [5.74, 6) is -2.79. The minimum atomic E-state index is -1.25. The molecular formula is C13H22NNaO5. The molecule has 7 heteroatoms. The predicted molar refractivity (Wildman–Crippen MR) is 69.1 cm³/mol. The molecule has 6 nitrogen and oxygen atoms in total. The van der Waals surface area contributed by atoms with Crippen LogP contribution in [0.3, 0.4) is 0 Å². The fourth-order valence-corrected chi connectivity index (χ4v) is 1.62. The van der Waals surface area contributed by atoms with Crippen molar-refractivity contribution >= 4 is 17.8 Å². The van der Waals surface area contributed by atoms with E-state index in [9.17, 15) is 14.7 Å². The molecule has 1 atom stereocenters. The van der Waals surface area contributed by atoms with Gasteiger partial charge in [0.1, 0.15) is 6.04 Å². The number of nitrogens with zero attached hydrogens (tertiary/aromatic N) is 1. The molecule has 0 spiro atoms. The molecule has 0 aromatic carbocycles. The van der Waals surface area contributed by atoms with Crippen LogP contribution < -0.4 is 34.7 Å². The van der Waals surface area contributed by atoms with Crippen molar-refractivity contribution in [2.45, 2.75) is 64.3 Å². The first kappa shape index (κ1) is 21.7. The van der Waals surface area contributed by atoms with Gasteiger partial charge in [0.2, 0.25) is 0 Å². The average molecular weight is 295 g/mol. The predicted octanol–water partition coefficient (Wildman–Crippen LogP) is -1.57. The standard InChI is InChI=1S/C13H23NO5.Na/c1-2-3-4-5-6-7-11(15)14-10(13(18)19)8-9-12(16)17;/h10H,2-9H2,1H3,(H,14,15)(H,16,17)(H,18,19);/q;+1/p-1/t10-;/m0./s1. The first-order valence-electron chi connectivity index (χ1n) is 6.65. The van der Waals surface area contributed by atoms with Gasteiger partial charge in [0.25, 0.3) is 0 Å². The van der Waals surface area contributed by atoms with Crippen LogP contribution in [0.15, 0.2) is 4.99 Å². The van der Waals surface area contributed by atoms with Gasteiger partial charge in [-0.25, -0.2) is 4.79 Å². The molecule has 0 bridgehead atoms. The number of rotatable bonds is 11. The van der Waals surface area contributed by atoms with Gasteiger partial charge in [-0.15, -0.1) is 0 Å². The average Bonchev–Trinajstić information content (AvgIpc) is 2.33. The SMILES string of the molecule is CCCCCCCC([O-])=N[C@@H](CCC(=O)O)C(=O)O.[Na+]. The van der Waals surface area contributed by atoms with E-state index in [1.54, 1.807) is 0 Å². The molecular weight excluding hydrogens is 273 g/mol. The number of aliphatic imine (C=N–C) groups is 1. The molecule has 0 heterocycles. The maximum Gasteiger partial charge on any atom is 1.00 e. The molecule has 0 aliphatic heterocycles. The number of carboxylic acid groups (broad SMARTS) is 2. The molecule has 0 saturated heterocycles. The van der Waals surface area contributed by atoms with Crippen LogP contribution in [0.1, 0.15) is 58.3 Å². The van der Waals surface area contributed by atoms with Crippen LogP contribution in [-0.4, -0.2) is 34.1 Å². The maximum absolute atomic E-state index is 11.5. The van der Waals surface area contributed by atoms with Crippen molar-refractivity contribution in [2.75, 3.05) is 0 Å². The molecule has 0 rings (SSSR count). The minimum Gasteiger partial charge on any atom is -0.862 e. The van der Waals surface area contributed by atoms with Crippen LogP contribution in [0, 0.1) is 0 Å². The Morgan fingerprint density at radius 2 is 1.70 bits per heavy atom. The van der Waals surface area contributed by atoms with Crippen molar-refractivity contribution in [3.05, 3.63) is 0 Å². The summed E-state index contributed by atoms with van der Waals surface area (Å²) in [4.78, 5) is 24.8. The van der Waals surface area contributed by atoms with Gasteiger partial charge < -0.3 is 15.3 Å². The first-order valence-corrected chi connectivity index (χ1v) is 6.65. The Labute approximate surface area is 141 Å². The minimum absolute atomic E-state index is 0.